The average molecular weight is 438 g/mol. The molecule has 0 spiro atoms. The maximum Gasteiger partial charge on any atom is 0.397 e. The maximum absolute atomic E-state index is 12.7. The molecule has 30 heavy (non-hydrogen) atoms. The van der Waals surface area contributed by atoms with Gasteiger partial charge in [0.25, 0.3) is 0 Å². The van der Waals surface area contributed by atoms with Gasteiger partial charge in [0.2, 0.25) is 0 Å². The Balaban J connectivity index is 2.07. The van der Waals surface area contributed by atoms with E-state index in [-0.39, 0.29) is 42.4 Å². The summed E-state index contributed by atoms with van der Waals surface area (Å²) in [5, 5.41) is 12.8. The summed E-state index contributed by atoms with van der Waals surface area (Å²) in [7, 11) is -4.66. The van der Waals surface area contributed by atoms with Crippen LogP contribution in [0.25, 0.3) is 0 Å². The molecule has 2 aromatic rings. The molecule has 2 rings (SSSR count). The standard InChI is InChI=1S/C21H27NO7S/c1-2-12-22-14-18(29-30(25,26)27)15-28-21-11-9-17(23)13-19(21)20(24)10-8-16-6-4-3-5-7-16/h3-7,9,11,13,18,22-23H,2,8,10,12,14-15H2,1H3,(H,25,26,27)/t18-/m1/s1. The minimum atomic E-state index is -4.66. The van der Waals surface area contributed by atoms with Crippen molar-refractivity contribution in [3.63, 3.8) is 0 Å². The van der Waals surface area contributed by atoms with Crippen LogP contribution in [-0.2, 0) is 21.0 Å². The summed E-state index contributed by atoms with van der Waals surface area (Å²) in [6.45, 7) is 2.49. The summed E-state index contributed by atoms with van der Waals surface area (Å²) in [6, 6.07) is 13.7. The van der Waals surface area contributed by atoms with Gasteiger partial charge in [-0.25, -0.2) is 4.18 Å². The summed E-state index contributed by atoms with van der Waals surface area (Å²) in [5.41, 5.74) is 1.20. The van der Waals surface area contributed by atoms with Crippen LogP contribution in [0.15, 0.2) is 48.5 Å². The molecule has 0 bridgehead atoms. The number of phenolic OH excluding ortho intramolecular Hbond substituents is 1. The Morgan fingerprint density at radius 1 is 1.17 bits per heavy atom. The van der Waals surface area contributed by atoms with E-state index in [0.717, 1.165) is 12.0 Å². The van der Waals surface area contributed by atoms with Crippen LogP contribution in [-0.4, -0.2) is 49.7 Å². The molecule has 0 saturated carbocycles. The molecule has 0 saturated heterocycles. The number of benzene rings is 2. The van der Waals surface area contributed by atoms with E-state index >= 15 is 0 Å². The number of Topliss-reactive ketones (excluding diaryl/α,β-unsaturated/α-hetero) is 1. The van der Waals surface area contributed by atoms with Gasteiger partial charge in [0.1, 0.15) is 24.2 Å². The number of ketones is 1. The molecule has 3 N–H and O–H groups in total. The molecule has 0 aromatic heterocycles. The second kappa shape index (κ2) is 11.7. The fourth-order valence-electron chi connectivity index (χ4n) is 2.81. The van der Waals surface area contributed by atoms with Gasteiger partial charge in [-0.2, -0.15) is 8.42 Å². The Morgan fingerprint density at radius 2 is 1.90 bits per heavy atom. The van der Waals surface area contributed by atoms with E-state index < -0.39 is 16.5 Å². The number of aryl methyl sites for hydroxylation is 1. The van der Waals surface area contributed by atoms with Gasteiger partial charge in [0.15, 0.2) is 5.78 Å². The van der Waals surface area contributed by atoms with E-state index in [1.807, 2.05) is 37.3 Å². The Hall–Kier alpha value is -2.46. The second-order valence-electron chi connectivity index (χ2n) is 6.75. The van der Waals surface area contributed by atoms with Crippen molar-refractivity contribution in [2.45, 2.75) is 32.3 Å². The summed E-state index contributed by atoms with van der Waals surface area (Å²) >= 11 is 0. The molecule has 0 heterocycles. The Morgan fingerprint density at radius 3 is 2.57 bits per heavy atom. The number of ether oxygens (including phenoxy) is 1. The van der Waals surface area contributed by atoms with E-state index in [1.54, 1.807) is 0 Å². The topological polar surface area (TPSA) is 122 Å². The number of carbonyl (C=O) groups is 1. The van der Waals surface area contributed by atoms with Gasteiger partial charge >= 0.3 is 10.4 Å². The van der Waals surface area contributed by atoms with Crippen LogP contribution < -0.4 is 10.1 Å². The molecule has 1 atom stereocenters. The molecule has 0 aliphatic heterocycles. The number of aromatic hydroxyl groups is 1. The van der Waals surface area contributed by atoms with E-state index in [1.165, 1.54) is 18.2 Å². The van der Waals surface area contributed by atoms with E-state index in [9.17, 15) is 18.3 Å². The van der Waals surface area contributed by atoms with Crippen molar-refractivity contribution >= 4 is 16.2 Å². The van der Waals surface area contributed by atoms with Gasteiger partial charge in [-0.1, -0.05) is 37.3 Å². The van der Waals surface area contributed by atoms with E-state index in [2.05, 4.69) is 9.50 Å². The largest absolute Gasteiger partial charge is 0.508 e. The van der Waals surface area contributed by atoms with Crippen molar-refractivity contribution in [2.24, 2.45) is 0 Å². The molecular weight excluding hydrogens is 410 g/mol. The predicted octanol–water partition coefficient (Wildman–Crippen LogP) is 2.77. The highest BCUT2D eigenvalue weighted by Gasteiger charge is 2.20. The zero-order valence-corrected chi connectivity index (χ0v) is 17.6. The summed E-state index contributed by atoms with van der Waals surface area (Å²) < 4.78 is 41.4. The molecule has 0 unspecified atom stereocenters. The first-order chi connectivity index (χ1) is 14.3. The third kappa shape index (κ3) is 8.50. The predicted molar refractivity (Wildman–Crippen MR) is 112 cm³/mol. The Labute approximate surface area is 176 Å². The van der Waals surface area contributed by atoms with Crippen LogP contribution in [0.4, 0.5) is 0 Å². The molecule has 0 amide bonds. The first kappa shape index (κ1) is 23.8. The van der Waals surface area contributed by atoms with Gasteiger partial charge in [-0.05, 0) is 43.1 Å². The minimum Gasteiger partial charge on any atom is -0.508 e. The highest BCUT2D eigenvalue weighted by Crippen LogP contribution is 2.26. The number of hydrogen-bond acceptors (Lipinski definition) is 7. The number of phenols is 1. The van der Waals surface area contributed by atoms with Crippen molar-refractivity contribution in [3.05, 3.63) is 59.7 Å². The highest BCUT2D eigenvalue weighted by molar-refractivity contribution is 7.80. The number of carbonyl (C=O) groups excluding carboxylic acids is 1. The third-order valence-electron chi connectivity index (χ3n) is 4.23. The van der Waals surface area contributed by atoms with Crippen LogP contribution in [0.5, 0.6) is 11.5 Å². The summed E-state index contributed by atoms with van der Waals surface area (Å²) in [5.74, 6) is -0.104. The van der Waals surface area contributed by atoms with Crippen molar-refractivity contribution in [3.8, 4) is 11.5 Å². The molecule has 0 aliphatic carbocycles. The molecule has 164 valence electrons. The van der Waals surface area contributed by atoms with E-state index in [0.29, 0.717) is 13.0 Å². The number of rotatable bonds is 13. The average Bonchev–Trinajstić information content (AvgIpc) is 2.70. The zero-order valence-electron chi connectivity index (χ0n) is 16.8. The maximum atomic E-state index is 12.7. The third-order valence-corrected chi connectivity index (χ3v) is 4.74. The van der Waals surface area contributed by atoms with Gasteiger partial charge in [-0.3, -0.25) is 9.35 Å². The SMILES string of the molecule is CCCNC[C@H](COc1ccc(O)cc1C(=O)CCc1ccccc1)OS(=O)(=O)O. The lowest BCUT2D eigenvalue weighted by molar-refractivity contribution is 0.0963. The van der Waals surface area contributed by atoms with Crippen LogP contribution in [0.1, 0.15) is 35.7 Å². The number of nitrogens with one attached hydrogen (secondary N) is 1. The monoisotopic (exact) mass is 437 g/mol. The van der Waals surface area contributed by atoms with E-state index in [4.69, 9.17) is 9.29 Å². The summed E-state index contributed by atoms with van der Waals surface area (Å²) in [4.78, 5) is 12.7. The normalized spacial score (nSPS) is 12.5. The molecule has 9 heteroatoms. The Bertz CT molecular complexity index is 916. The van der Waals surface area contributed by atoms with Crippen molar-refractivity contribution in [1.29, 1.82) is 0 Å². The Kier molecular flexibility index (Phi) is 9.25. The molecule has 0 aliphatic rings. The quantitative estimate of drug-likeness (QED) is 0.248. The van der Waals surface area contributed by atoms with Crippen LogP contribution in [0, 0.1) is 0 Å². The molecule has 2 aromatic carbocycles. The molecular formula is C21H27NO7S. The van der Waals surface area contributed by atoms with Crippen molar-refractivity contribution < 1.29 is 31.8 Å². The van der Waals surface area contributed by atoms with Gasteiger partial charge in [0.05, 0.1) is 5.56 Å². The van der Waals surface area contributed by atoms with Crippen molar-refractivity contribution in [2.75, 3.05) is 19.7 Å². The fraction of sp³-hybridized carbons (Fsp3) is 0.381. The van der Waals surface area contributed by atoms with Gasteiger partial charge in [0, 0.05) is 13.0 Å². The molecule has 8 nitrogen and oxygen atoms in total. The zero-order chi connectivity index (χ0) is 22.0. The van der Waals surface area contributed by atoms with Crippen LogP contribution in [0.2, 0.25) is 0 Å². The fourth-order valence-corrected chi connectivity index (χ4v) is 3.28. The van der Waals surface area contributed by atoms with Crippen molar-refractivity contribution in [1.82, 2.24) is 5.32 Å². The number of hydrogen-bond donors (Lipinski definition) is 3. The van der Waals surface area contributed by atoms with Gasteiger partial charge < -0.3 is 15.2 Å². The lowest BCUT2D eigenvalue weighted by Crippen LogP contribution is -2.36. The first-order valence-corrected chi connectivity index (χ1v) is 11.0. The van der Waals surface area contributed by atoms with Crippen LogP contribution >= 0.6 is 0 Å². The molecule has 0 fully saturated rings. The first-order valence-electron chi connectivity index (χ1n) is 9.68. The molecule has 0 radical (unpaired) electrons. The second-order valence-corrected chi connectivity index (χ2v) is 7.80. The lowest BCUT2D eigenvalue weighted by atomic mass is 10.0. The lowest BCUT2D eigenvalue weighted by Gasteiger charge is -2.18. The summed E-state index contributed by atoms with van der Waals surface area (Å²) in [6.07, 6.45) is 0.585. The minimum absolute atomic E-state index is 0.0826. The van der Waals surface area contributed by atoms with Gasteiger partial charge in [-0.15, -0.1) is 0 Å². The highest BCUT2D eigenvalue weighted by atomic mass is 32.3. The van der Waals surface area contributed by atoms with Crippen LogP contribution in [0.3, 0.4) is 0 Å². The smallest absolute Gasteiger partial charge is 0.397 e.